The molecular weight excluding hydrogens is 322 g/mol. The van der Waals surface area contributed by atoms with Crippen molar-refractivity contribution in [3.05, 3.63) is 59.7 Å². The second kappa shape index (κ2) is 7.12. The Bertz CT molecular complexity index is 778. The number of para-hydroxylation sites is 1. The standard InChI is InChI=1S/C22H27N3O/c1-17-7-9-19(10-8-17)25-12-11-21(22(25)26)24-15-13-23(14-16-24)20-6-4-3-5-18(20)2/h3-10,21H,11-16H2,1-2H3/t21-/m0/s1. The number of piperazine rings is 1. The molecule has 2 fully saturated rings. The van der Waals surface area contributed by atoms with Gasteiger partial charge in [-0.2, -0.15) is 0 Å². The second-order valence-corrected chi connectivity index (χ2v) is 7.44. The van der Waals surface area contributed by atoms with E-state index in [4.69, 9.17) is 0 Å². The molecule has 26 heavy (non-hydrogen) atoms. The van der Waals surface area contributed by atoms with Crippen molar-refractivity contribution in [3.63, 3.8) is 0 Å². The Balaban J connectivity index is 1.40. The Morgan fingerprint density at radius 3 is 2.23 bits per heavy atom. The number of aryl methyl sites for hydroxylation is 2. The van der Waals surface area contributed by atoms with Gasteiger partial charge in [0.2, 0.25) is 5.91 Å². The van der Waals surface area contributed by atoms with Crippen molar-refractivity contribution in [2.75, 3.05) is 42.5 Å². The van der Waals surface area contributed by atoms with Gasteiger partial charge in [-0.1, -0.05) is 35.9 Å². The zero-order valence-corrected chi connectivity index (χ0v) is 15.7. The van der Waals surface area contributed by atoms with Crippen LogP contribution in [0.3, 0.4) is 0 Å². The molecule has 4 rings (SSSR count). The zero-order valence-electron chi connectivity index (χ0n) is 15.7. The average Bonchev–Trinajstić information content (AvgIpc) is 3.04. The van der Waals surface area contributed by atoms with Crippen molar-refractivity contribution >= 4 is 17.3 Å². The largest absolute Gasteiger partial charge is 0.369 e. The minimum Gasteiger partial charge on any atom is -0.369 e. The number of anilines is 2. The predicted molar refractivity (Wildman–Crippen MR) is 107 cm³/mol. The van der Waals surface area contributed by atoms with Crippen LogP contribution in [0.4, 0.5) is 11.4 Å². The number of hydrogen-bond acceptors (Lipinski definition) is 3. The fourth-order valence-corrected chi connectivity index (χ4v) is 4.18. The van der Waals surface area contributed by atoms with Gasteiger partial charge in [0.15, 0.2) is 0 Å². The number of benzene rings is 2. The normalized spacial score (nSPS) is 21.5. The molecule has 4 heteroatoms. The molecule has 4 nitrogen and oxygen atoms in total. The van der Waals surface area contributed by atoms with Crippen LogP contribution in [0.15, 0.2) is 48.5 Å². The highest BCUT2D eigenvalue weighted by Gasteiger charge is 2.37. The summed E-state index contributed by atoms with van der Waals surface area (Å²) in [7, 11) is 0. The number of carbonyl (C=O) groups is 1. The Morgan fingerprint density at radius 1 is 0.846 bits per heavy atom. The van der Waals surface area contributed by atoms with Crippen LogP contribution in [0.25, 0.3) is 0 Å². The summed E-state index contributed by atoms with van der Waals surface area (Å²) in [5.41, 5.74) is 4.90. The molecule has 2 saturated heterocycles. The van der Waals surface area contributed by atoms with Gasteiger partial charge in [0.25, 0.3) is 0 Å². The van der Waals surface area contributed by atoms with E-state index in [-0.39, 0.29) is 11.9 Å². The van der Waals surface area contributed by atoms with Crippen LogP contribution in [-0.4, -0.2) is 49.6 Å². The summed E-state index contributed by atoms with van der Waals surface area (Å²) in [5.74, 6) is 0.262. The lowest BCUT2D eigenvalue weighted by atomic mass is 10.1. The number of nitrogens with zero attached hydrogens (tertiary/aromatic N) is 3. The molecule has 0 aromatic heterocycles. The molecule has 2 aromatic rings. The van der Waals surface area contributed by atoms with Gasteiger partial charge in [-0.15, -0.1) is 0 Å². The first-order valence-corrected chi connectivity index (χ1v) is 9.56. The molecule has 1 amide bonds. The Morgan fingerprint density at radius 2 is 1.54 bits per heavy atom. The molecule has 0 radical (unpaired) electrons. The first-order valence-electron chi connectivity index (χ1n) is 9.56. The second-order valence-electron chi connectivity index (χ2n) is 7.44. The molecule has 0 unspecified atom stereocenters. The first kappa shape index (κ1) is 17.1. The lowest BCUT2D eigenvalue weighted by molar-refractivity contribution is -0.121. The average molecular weight is 349 g/mol. The third-order valence-corrected chi connectivity index (χ3v) is 5.73. The van der Waals surface area contributed by atoms with Crippen molar-refractivity contribution < 1.29 is 4.79 Å². The van der Waals surface area contributed by atoms with Gasteiger partial charge in [-0.05, 0) is 44.0 Å². The molecule has 0 N–H and O–H groups in total. The van der Waals surface area contributed by atoms with Crippen molar-refractivity contribution in [2.45, 2.75) is 26.3 Å². The summed E-state index contributed by atoms with van der Waals surface area (Å²) in [4.78, 5) is 19.8. The van der Waals surface area contributed by atoms with E-state index in [1.807, 2.05) is 4.90 Å². The highest BCUT2D eigenvalue weighted by atomic mass is 16.2. The fourth-order valence-electron chi connectivity index (χ4n) is 4.18. The van der Waals surface area contributed by atoms with Gasteiger partial charge >= 0.3 is 0 Å². The number of amides is 1. The highest BCUT2D eigenvalue weighted by Crippen LogP contribution is 2.27. The van der Waals surface area contributed by atoms with E-state index in [0.717, 1.165) is 44.8 Å². The SMILES string of the molecule is Cc1ccc(N2CC[C@H](N3CCN(c4ccccc4C)CC3)C2=O)cc1. The zero-order chi connectivity index (χ0) is 18.1. The van der Waals surface area contributed by atoms with E-state index in [9.17, 15) is 4.79 Å². The van der Waals surface area contributed by atoms with Crippen molar-refractivity contribution in [1.29, 1.82) is 0 Å². The van der Waals surface area contributed by atoms with Crippen LogP contribution in [0, 0.1) is 13.8 Å². The van der Waals surface area contributed by atoms with Gasteiger partial charge in [0.05, 0.1) is 6.04 Å². The van der Waals surface area contributed by atoms with Crippen molar-refractivity contribution in [2.24, 2.45) is 0 Å². The molecule has 0 aliphatic carbocycles. The van der Waals surface area contributed by atoms with E-state index in [1.165, 1.54) is 16.8 Å². The molecule has 1 atom stereocenters. The third kappa shape index (κ3) is 3.21. The quantitative estimate of drug-likeness (QED) is 0.851. The smallest absolute Gasteiger partial charge is 0.244 e. The summed E-state index contributed by atoms with van der Waals surface area (Å²) in [5, 5.41) is 0. The molecule has 0 spiro atoms. The minimum atomic E-state index is 0.0373. The lowest BCUT2D eigenvalue weighted by Crippen LogP contribution is -2.52. The molecule has 0 bridgehead atoms. The minimum absolute atomic E-state index is 0.0373. The summed E-state index contributed by atoms with van der Waals surface area (Å²) in [6.07, 6.45) is 0.928. The Labute approximate surface area is 156 Å². The van der Waals surface area contributed by atoms with Crippen LogP contribution in [0.1, 0.15) is 17.5 Å². The summed E-state index contributed by atoms with van der Waals surface area (Å²) < 4.78 is 0. The number of rotatable bonds is 3. The molecular formula is C22H27N3O. The van der Waals surface area contributed by atoms with Crippen molar-refractivity contribution in [1.82, 2.24) is 4.90 Å². The van der Waals surface area contributed by atoms with Crippen LogP contribution in [-0.2, 0) is 4.79 Å². The van der Waals surface area contributed by atoms with Gasteiger partial charge in [-0.3, -0.25) is 9.69 Å². The van der Waals surface area contributed by atoms with Gasteiger partial charge in [0, 0.05) is 44.1 Å². The highest BCUT2D eigenvalue weighted by molar-refractivity contribution is 5.99. The van der Waals surface area contributed by atoms with E-state index in [1.54, 1.807) is 0 Å². The molecule has 2 heterocycles. The van der Waals surface area contributed by atoms with E-state index < -0.39 is 0 Å². The van der Waals surface area contributed by atoms with E-state index in [0.29, 0.717) is 0 Å². The first-order chi connectivity index (χ1) is 12.6. The van der Waals surface area contributed by atoms with Crippen LogP contribution < -0.4 is 9.80 Å². The van der Waals surface area contributed by atoms with Crippen LogP contribution in [0.5, 0.6) is 0 Å². The maximum absolute atomic E-state index is 13.0. The monoisotopic (exact) mass is 349 g/mol. The van der Waals surface area contributed by atoms with E-state index >= 15 is 0 Å². The third-order valence-electron chi connectivity index (χ3n) is 5.73. The van der Waals surface area contributed by atoms with Gasteiger partial charge in [-0.25, -0.2) is 0 Å². The Kier molecular flexibility index (Phi) is 4.68. The summed E-state index contributed by atoms with van der Waals surface area (Å²) in [6.45, 7) is 8.94. The molecule has 2 aliphatic heterocycles. The maximum atomic E-state index is 13.0. The van der Waals surface area contributed by atoms with Gasteiger partial charge < -0.3 is 9.80 Å². The van der Waals surface area contributed by atoms with E-state index in [2.05, 4.69) is 72.2 Å². The molecule has 2 aliphatic rings. The number of hydrogen-bond donors (Lipinski definition) is 0. The predicted octanol–water partition coefficient (Wildman–Crippen LogP) is 3.23. The summed E-state index contributed by atoms with van der Waals surface area (Å²) >= 11 is 0. The maximum Gasteiger partial charge on any atom is 0.244 e. The molecule has 0 saturated carbocycles. The number of carbonyl (C=O) groups excluding carboxylic acids is 1. The van der Waals surface area contributed by atoms with Gasteiger partial charge in [0.1, 0.15) is 0 Å². The van der Waals surface area contributed by atoms with Crippen LogP contribution in [0.2, 0.25) is 0 Å². The topological polar surface area (TPSA) is 26.8 Å². The molecule has 136 valence electrons. The van der Waals surface area contributed by atoms with Crippen LogP contribution >= 0.6 is 0 Å². The van der Waals surface area contributed by atoms with Crippen molar-refractivity contribution in [3.8, 4) is 0 Å². The summed E-state index contributed by atoms with van der Waals surface area (Å²) in [6, 6.07) is 16.9. The Hall–Kier alpha value is -2.33. The lowest BCUT2D eigenvalue weighted by Gasteiger charge is -2.39. The fraction of sp³-hybridized carbons (Fsp3) is 0.409. The molecule has 2 aromatic carbocycles.